The van der Waals surface area contributed by atoms with Crippen LogP contribution in [0, 0.1) is 18.3 Å². The Morgan fingerprint density at radius 2 is 2.05 bits per heavy atom. The van der Waals surface area contributed by atoms with E-state index >= 15 is 0 Å². The number of halogens is 1. The average Bonchev–Trinajstić information content (AvgIpc) is 2.50. The molecule has 0 spiro atoms. The van der Waals surface area contributed by atoms with Crippen LogP contribution < -0.4 is 9.47 Å². The van der Waals surface area contributed by atoms with Gasteiger partial charge in [0.2, 0.25) is 0 Å². The van der Waals surface area contributed by atoms with Gasteiger partial charge in [-0.3, -0.25) is 0 Å². The van der Waals surface area contributed by atoms with Crippen LogP contribution in [0.3, 0.4) is 0 Å². The number of nitrogens with zero attached hydrogens (tertiary/aromatic N) is 1. The van der Waals surface area contributed by atoms with E-state index in [9.17, 15) is 4.79 Å². The quantitative estimate of drug-likeness (QED) is 0.604. The molecule has 112 valence electrons. The first-order valence-electron chi connectivity index (χ1n) is 6.71. The molecule has 0 atom stereocenters. The van der Waals surface area contributed by atoms with Crippen molar-refractivity contribution < 1.29 is 14.3 Å². The van der Waals surface area contributed by atoms with E-state index < -0.39 is 5.97 Å². The van der Waals surface area contributed by atoms with Crippen LogP contribution in [0.2, 0.25) is 0 Å². The Morgan fingerprint density at radius 1 is 1.32 bits per heavy atom. The highest BCUT2D eigenvalue weighted by Crippen LogP contribution is 2.37. The van der Waals surface area contributed by atoms with Gasteiger partial charge < -0.3 is 9.47 Å². The van der Waals surface area contributed by atoms with Gasteiger partial charge in [-0.2, -0.15) is 5.26 Å². The molecule has 0 radical (unpaired) electrons. The molecule has 0 amide bonds. The third kappa shape index (κ3) is 3.46. The first-order valence-corrected chi connectivity index (χ1v) is 7.50. The van der Waals surface area contributed by atoms with E-state index in [1.807, 2.05) is 32.0 Å². The second-order valence-corrected chi connectivity index (χ2v) is 5.39. The zero-order chi connectivity index (χ0) is 16.1. The van der Waals surface area contributed by atoms with E-state index in [-0.39, 0.29) is 5.75 Å². The maximum Gasteiger partial charge on any atom is 0.343 e. The van der Waals surface area contributed by atoms with E-state index in [2.05, 4.69) is 15.9 Å². The Hall–Kier alpha value is -2.32. The molecular formula is C17H14BrNO3. The molecule has 0 aliphatic heterocycles. The lowest BCUT2D eigenvalue weighted by Crippen LogP contribution is -2.11. The van der Waals surface area contributed by atoms with Gasteiger partial charge in [0.05, 0.1) is 28.3 Å². The van der Waals surface area contributed by atoms with Crippen LogP contribution >= 0.6 is 15.9 Å². The highest BCUT2D eigenvalue weighted by atomic mass is 79.9. The minimum absolute atomic E-state index is 0.272. The second-order valence-electron chi connectivity index (χ2n) is 4.53. The Balaban J connectivity index is 2.39. The molecule has 22 heavy (non-hydrogen) atoms. The van der Waals surface area contributed by atoms with Crippen molar-refractivity contribution in [2.45, 2.75) is 13.8 Å². The molecule has 0 bridgehead atoms. The zero-order valence-corrected chi connectivity index (χ0v) is 13.8. The molecular weight excluding hydrogens is 346 g/mol. The Morgan fingerprint density at radius 3 is 2.68 bits per heavy atom. The lowest BCUT2D eigenvalue weighted by atomic mass is 10.1. The molecule has 2 rings (SSSR count). The summed E-state index contributed by atoms with van der Waals surface area (Å²) in [7, 11) is 0. The molecule has 0 fully saturated rings. The van der Waals surface area contributed by atoms with Gasteiger partial charge in [0.15, 0.2) is 11.5 Å². The van der Waals surface area contributed by atoms with Crippen LogP contribution in [-0.4, -0.2) is 12.6 Å². The topological polar surface area (TPSA) is 59.3 Å². The summed E-state index contributed by atoms with van der Waals surface area (Å²) < 4.78 is 11.4. The van der Waals surface area contributed by atoms with Crippen molar-refractivity contribution in [2.75, 3.05) is 6.61 Å². The Kier molecular flexibility index (Phi) is 5.18. The fourth-order valence-electron chi connectivity index (χ4n) is 1.94. The highest BCUT2D eigenvalue weighted by Gasteiger charge is 2.18. The standard InChI is InChI=1S/C17H14BrNO3/c1-3-21-15-9-12(10-19)8-14(18)16(15)22-17(20)13-7-5-4-6-11(13)2/h4-9H,3H2,1-2H3. The average molecular weight is 360 g/mol. The van der Waals surface area contributed by atoms with Crippen molar-refractivity contribution in [1.82, 2.24) is 0 Å². The van der Waals surface area contributed by atoms with Crippen molar-refractivity contribution in [3.63, 3.8) is 0 Å². The molecule has 0 aliphatic carbocycles. The molecule has 2 aromatic rings. The smallest absolute Gasteiger partial charge is 0.343 e. The fourth-order valence-corrected chi connectivity index (χ4v) is 2.47. The van der Waals surface area contributed by atoms with Gasteiger partial charge in [0.25, 0.3) is 0 Å². The fraction of sp³-hybridized carbons (Fsp3) is 0.176. The van der Waals surface area contributed by atoms with E-state index in [1.54, 1.807) is 24.3 Å². The van der Waals surface area contributed by atoms with Gasteiger partial charge in [-0.1, -0.05) is 18.2 Å². The van der Waals surface area contributed by atoms with Gasteiger partial charge in [-0.25, -0.2) is 4.79 Å². The molecule has 0 aromatic heterocycles. The van der Waals surface area contributed by atoms with Crippen LogP contribution in [0.25, 0.3) is 0 Å². The summed E-state index contributed by atoms with van der Waals surface area (Å²) in [5.41, 5.74) is 1.74. The monoisotopic (exact) mass is 359 g/mol. The minimum atomic E-state index is -0.468. The SMILES string of the molecule is CCOc1cc(C#N)cc(Br)c1OC(=O)c1ccccc1C. The van der Waals surface area contributed by atoms with E-state index in [4.69, 9.17) is 14.7 Å². The molecule has 5 heteroatoms. The predicted octanol–water partition coefficient (Wildman–Crippen LogP) is 4.25. The van der Waals surface area contributed by atoms with E-state index in [0.29, 0.717) is 28.0 Å². The van der Waals surface area contributed by atoms with Crippen LogP contribution in [0.4, 0.5) is 0 Å². The molecule has 4 nitrogen and oxygen atoms in total. The predicted molar refractivity (Wildman–Crippen MR) is 86.2 cm³/mol. The van der Waals surface area contributed by atoms with Gasteiger partial charge in [0, 0.05) is 6.07 Å². The first kappa shape index (κ1) is 16.1. The minimum Gasteiger partial charge on any atom is -0.490 e. The molecule has 0 saturated carbocycles. The third-order valence-corrected chi connectivity index (χ3v) is 3.59. The van der Waals surface area contributed by atoms with Gasteiger partial charge >= 0.3 is 5.97 Å². The van der Waals surface area contributed by atoms with Crippen LogP contribution in [0.1, 0.15) is 28.4 Å². The number of esters is 1. The summed E-state index contributed by atoms with van der Waals surface area (Å²) in [5.74, 6) is 0.161. The first-order chi connectivity index (χ1) is 10.6. The number of nitriles is 1. The highest BCUT2D eigenvalue weighted by molar-refractivity contribution is 9.10. The number of ether oxygens (including phenoxy) is 2. The van der Waals surface area contributed by atoms with Crippen molar-refractivity contribution in [3.8, 4) is 17.6 Å². The number of carbonyl (C=O) groups is 1. The lowest BCUT2D eigenvalue weighted by molar-refractivity contribution is 0.0726. The molecule has 0 aliphatic rings. The zero-order valence-electron chi connectivity index (χ0n) is 12.2. The van der Waals surface area contributed by atoms with Gasteiger partial charge in [-0.15, -0.1) is 0 Å². The second kappa shape index (κ2) is 7.10. The molecule has 0 unspecified atom stereocenters. The molecule has 0 N–H and O–H groups in total. The molecule has 0 heterocycles. The van der Waals surface area contributed by atoms with Crippen molar-refractivity contribution in [2.24, 2.45) is 0 Å². The third-order valence-electron chi connectivity index (χ3n) is 3.00. The van der Waals surface area contributed by atoms with Gasteiger partial charge in [-0.05, 0) is 47.5 Å². The van der Waals surface area contributed by atoms with Crippen LogP contribution in [0.5, 0.6) is 11.5 Å². The number of carbonyl (C=O) groups excluding carboxylic acids is 1. The van der Waals surface area contributed by atoms with E-state index in [1.165, 1.54) is 0 Å². The lowest BCUT2D eigenvalue weighted by Gasteiger charge is -2.13. The normalized spacial score (nSPS) is 9.91. The van der Waals surface area contributed by atoms with Crippen LogP contribution in [0.15, 0.2) is 40.9 Å². The number of rotatable bonds is 4. The largest absolute Gasteiger partial charge is 0.490 e. The number of benzene rings is 2. The van der Waals surface area contributed by atoms with Crippen LogP contribution in [-0.2, 0) is 0 Å². The van der Waals surface area contributed by atoms with Crippen molar-refractivity contribution in [3.05, 3.63) is 57.6 Å². The summed E-state index contributed by atoms with van der Waals surface area (Å²) in [5, 5.41) is 9.01. The summed E-state index contributed by atoms with van der Waals surface area (Å²) >= 11 is 3.32. The number of aryl methyl sites for hydroxylation is 1. The molecule has 2 aromatic carbocycles. The summed E-state index contributed by atoms with van der Waals surface area (Å²) in [6, 6.07) is 12.4. The number of hydrogen-bond donors (Lipinski definition) is 0. The Labute approximate surface area is 137 Å². The van der Waals surface area contributed by atoms with Crippen molar-refractivity contribution >= 4 is 21.9 Å². The Bertz CT molecular complexity index is 750. The van der Waals surface area contributed by atoms with Gasteiger partial charge in [0.1, 0.15) is 0 Å². The van der Waals surface area contributed by atoms with Crippen molar-refractivity contribution in [1.29, 1.82) is 5.26 Å². The number of hydrogen-bond acceptors (Lipinski definition) is 4. The summed E-state index contributed by atoms with van der Waals surface area (Å²) in [6.07, 6.45) is 0. The maximum absolute atomic E-state index is 12.3. The molecule has 0 saturated heterocycles. The van der Waals surface area contributed by atoms with E-state index in [0.717, 1.165) is 5.56 Å². The maximum atomic E-state index is 12.3. The summed E-state index contributed by atoms with van der Waals surface area (Å²) in [6.45, 7) is 4.06. The summed E-state index contributed by atoms with van der Waals surface area (Å²) in [4.78, 5) is 12.3.